The Hall–Kier alpha value is -3.23. The van der Waals surface area contributed by atoms with Gasteiger partial charge in [0.1, 0.15) is 18.2 Å². The standard InChI is InChI=1S/C24H24FNO5S/c1-17-3-12-22(15-23(17)24(27)30-2)32(28,29)26-14-13-18-6-10-21(11-7-18)31-16-19-4-8-20(25)9-5-19/h3-12,15,26H,13-14,16H2,1-2H3. The van der Waals surface area contributed by atoms with Crippen LogP contribution in [-0.2, 0) is 27.8 Å². The SMILES string of the molecule is COC(=O)c1cc(S(=O)(=O)NCCc2ccc(OCc3ccc(F)cc3)cc2)ccc1C. The zero-order valence-corrected chi connectivity index (χ0v) is 18.6. The molecule has 0 aliphatic carbocycles. The molecule has 0 saturated carbocycles. The molecule has 0 radical (unpaired) electrons. The number of hydrogen-bond donors (Lipinski definition) is 1. The summed E-state index contributed by atoms with van der Waals surface area (Å²) in [4.78, 5) is 11.8. The van der Waals surface area contributed by atoms with Crippen molar-refractivity contribution >= 4 is 16.0 Å². The van der Waals surface area contributed by atoms with E-state index >= 15 is 0 Å². The van der Waals surface area contributed by atoms with Crippen LogP contribution in [0.3, 0.4) is 0 Å². The Kier molecular flexibility index (Phi) is 7.61. The number of ether oxygens (including phenoxy) is 2. The van der Waals surface area contributed by atoms with E-state index < -0.39 is 16.0 Å². The maximum absolute atomic E-state index is 12.9. The molecule has 0 atom stereocenters. The number of esters is 1. The van der Waals surface area contributed by atoms with Gasteiger partial charge in [-0.1, -0.05) is 30.3 Å². The molecular formula is C24H24FNO5S. The average Bonchev–Trinajstić information content (AvgIpc) is 2.79. The summed E-state index contributed by atoms with van der Waals surface area (Å²) in [6, 6.07) is 17.8. The summed E-state index contributed by atoms with van der Waals surface area (Å²) in [5, 5.41) is 0. The lowest BCUT2D eigenvalue weighted by molar-refractivity contribution is 0.0599. The van der Waals surface area contributed by atoms with Gasteiger partial charge < -0.3 is 9.47 Å². The molecule has 168 valence electrons. The Morgan fingerprint density at radius 3 is 2.28 bits per heavy atom. The van der Waals surface area contributed by atoms with Crippen LogP contribution >= 0.6 is 0 Å². The number of benzene rings is 3. The molecule has 0 saturated heterocycles. The van der Waals surface area contributed by atoms with Crippen molar-refractivity contribution in [2.45, 2.75) is 24.8 Å². The molecule has 0 amide bonds. The highest BCUT2D eigenvalue weighted by molar-refractivity contribution is 7.89. The van der Waals surface area contributed by atoms with Crippen LogP contribution in [0.5, 0.6) is 5.75 Å². The Labute approximate surface area is 187 Å². The van der Waals surface area contributed by atoms with Crippen molar-refractivity contribution in [3.63, 3.8) is 0 Å². The molecule has 0 unspecified atom stereocenters. The Bertz CT molecular complexity index is 1180. The molecule has 0 spiro atoms. The quantitative estimate of drug-likeness (QED) is 0.491. The molecule has 0 bridgehead atoms. The second-order valence-corrected chi connectivity index (χ2v) is 8.94. The van der Waals surface area contributed by atoms with E-state index in [1.807, 2.05) is 12.1 Å². The number of carbonyl (C=O) groups is 1. The predicted octanol–water partition coefficient (Wildman–Crippen LogP) is 4.02. The van der Waals surface area contributed by atoms with Crippen LogP contribution in [0, 0.1) is 12.7 Å². The Morgan fingerprint density at radius 2 is 1.62 bits per heavy atom. The van der Waals surface area contributed by atoms with Gasteiger partial charge in [0.15, 0.2) is 0 Å². The number of sulfonamides is 1. The van der Waals surface area contributed by atoms with Crippen LogP contribution in [0.15, 0.2) is 71.6 Å². The molecule has 0 aliphatic heterocycles. The molecule has 0 fully saturated rings. The zero-order chi connectivity index (χ0) is 23.1. The molecule has 3 aromatic carbocycles. The summed E-state index contributed by atoms with van der Waals surface area (Å²) in [7, 11) is -2.52. The van der Waals surface area contributed by atoms with Crippen molar-refractivity contribution < 1.29 is 27.1 Å². The fourth-order valence-corrected chi connectivity index (χ4v) is 4.07. The number of carbonyl (C=O) groups excluding carboxylic acids is 1. The maximum atomic E-state index is 12.9. The van der Waals surface area contributed by atoms with Gasteiger partial charge >= 0.3 is 5.97 Å². The van der Waals surface area contributed by atoms with E-state index in [2.05, 4.69) is 4.72 Å². The first-order valence-corrected chi connectivity index (χ1v) is 11.4. The fraction of sp³-hybridized carbons (Fsp3) is 0.208. The molecule has 0 heterocycles. The lowest BCUT2D eigenvalue weighted by Gasteiger charge is -2.10. The molecule has 3 aromatic rings. The zero-order valence-electron chi connectivity index (χ0n) is 17.8. The van der Waals surface area contributed by atoms with Gasteiger partial charge in [0.25, 0.3) is 0 Å². The van der Waals surface area contributed by atoms with Gasteiger partial charge in [0, 0.05) is 6.54 Å². The molecule has 3 rings (SSSR count). The van der Waals surface area contributed by atoms with Gasteiger partial charge in [0.05, 0.1) is 17.6 Å². The molecule has 1 N–H and O–H groups in total. The molecule has 0 aliphatic rings. The van der Waals surface area contributed by atoms with Gasteiger partial charge in [-0.05, 0) is 66.4 Å². The van der Waals surface area contributed by atoms with E-state index in [4.69, 9.17) is 9.47 Å². The number of nitrogens with one attached hydrogen (secondary N) is 1. The second-order valence-electron chi connectivity index (χ2n) is 7.18. The molecule has 32 heavy (non-hydrogen) atoms. The van der Waals surface area contributed by atoms with Gasteiger partial charge in [0.2, 0.25) is 10.0 Å². The van der Waals surface area contributed by atoms with Crippen LogP contribution < -0.4 is 9.46 Å². The summed E-state index contributed by atoms with van der Waals surface area (Å²) in [5.41, 5.74) is 2.64. The van der Waals surface area contributed by atoms with Crippen LogP contribution in [0.2, 0.25) is 0 Å². The van der Waals surface area contributed by atoms with Crippen LogP contribution in [0.1, 0.15) is 27.0 Å². The lowest BCUT2D eigenvalue weighted by Crippen LogP contribution is -2.26. The smallest absolute Gasteiger partial charge is 0.338 e. The van der Waals surface area contributed by atoms with Gasteiger partial charge in [-0.3, -0.25) is 0 Å². The van der Waals surface area contributed by atoms with Crippen molar-refractivity contribution in [1.29, 1.82) is 0 Å². The van der Waals surface area contributed by atoms with Crippen molar-refractivity contribution in [3.8, 4) is 5.75 Å². The molecular weight excluding hydrogens is 433 g/mol. The Morgan fingerprint density at radius 1 is 0.969 bits per heavy atom. The van der Waals surface area contributed by atoms with Crippen molar-refractivity contribution in [2.75, 3.05) is 13.7 Å². The number of hydrogen-bond acceptors (Lipinski definition) is 5. The third kappa shape index (κ3) is 6.15. The minimum absolute atomic E-state index is 0.00745. The lowest BCUT2D eigenvalue weighted by atomic mass is 10.1. The van der Waals surface area contributed by atoms with E-state index in [-0.39, 0.29) is 22.8 Å². The highest BCUT2D eigenvalue weighted by Crippen LogP contribution is 2.17. The highest BCUT2D eigenvalue weighted by Gasteiger charge is 2.18. The molecule has 8 heteroatoms. The van der Waals surface area contributed by atoms with Crippen LogP contribution in [0.25, 0.3) is 0 Å². The average molecular weight is 458 g/mol. The first kappa shape index (κ1) is 23.4. The summed E-state index contributed by atoms with van der Waals surface area (Å²) in [5.74, 6) is -0.213. The minimum Gasteiger partial charge on any atom is -0.489 e. The van der Waals surface area contributed by atoms with Gasteiger partial charge in [-0.2, -0.15) is 0 Å². The van der Waals surface area contributed by atoms with Crippen molar-refractivity contribution in [1.82, 2.24) is 4.72 Å². The van der Waals surface area contributed by atoms with Crippen LogP contribution in [-0.4, -0.2) is 28.0 Å². The minimum atomic E-state index is -3.77. The van der Waals surface area contributed by atoms with E-state index in [9.17, 15) is 17.6 Å². The van der Waals surface area contributed by atoms with E-state index in [1.54, 1.807) is 37.3 Å². The first-order valence-electron chi connectivity index (χ1n) is 9.93. The third-order valence-corrected chi connectivity index (χ3v) is 6.33. The summed E-state index contributed by atoms with van der Waals surface area (Å²) in [6.07, 6.45) is 0.479. The van der Waals surface area contributed by atoms with E-state index in [1.165, 1.54) is 31.4 Å². The normalized spacial score (nSPS) is 11.2. The predicted molar refractivity (Wildman–Crippen MR) is 119 cm³/mol. The number of halogens is 1. The molecule has 6 nitrogen and oxygen atoms in total. The van der Waals surface area contributed by atoms with E-state index in [0.29, 0.717) is 24.3 Å². The van der Waals surface area contributed by atoms with Crippen LogP contribution in [0.4, 0.5) is 4.39 Å². The molecule has 0 aromatic heterocycles. The van der Waals surface area contributed by atoms with E-state index in [0.717, 1.165) is 11.1 Å². The fourth-order valence-electron chi connectivity index (χ4n) is 3.01. The second kappa shape index (κ2) is 10.4. The topological polar surface area (TPSA) is 81.7 Å². The first-order chi connectivity index (χ1) is 15.3. The van der Waals surface area contributed by atoms with Gasteiger partial charge in [-0.25, -0.2) is 22.3 Å². The Balaban J connectivity index is 1.54. The summed E-state index contributed by atoms with van der Waals surface area (Å²) < 4.78 is 51.0. The summed E-state index contributed by atoms with van der Waals surface area (Å²) >= 11 is 0. The number of methoxy groups -OCH3 is 1. The van der Waals surface area contributed by atoms with Crippen molar-refractivity contribution in [3.05, 3.63) is 94.8 Å². The van der Waals surface area contributed by atoms with Crippen molar-refractivity contribution in [2.24, 2.45) is 0 Å². The monoisotopic (exact) mass is 457 g/mol. The van der Waals surface area contributed by atoms with Gasteiger partial charge in [-0.15, -0.1) is 0 Å². The highest BCUT2D eigenvalue weighted by atomic mass is 32.2. The maximum Gasteiger partial charge on any atom is 0.338 e. The number of rotatable bonds is 9. The third-order valence-electron chi connectivity index (χ3n) is 4.87. The largest absolute Gasteiger partial charge is 0.489 e. The number of aryl methyl sites for hydroxylation is 1. The summed E-state index contributed by atoms with van der Waals surface area (Å²) in [6.45, 7) is 2.23.